The van der Waals surface area contributed by atoms with E-state index in [9.17, 15) is 0 Å². The van der Waals surface area contributed by atoms with E-state index in [4.69, 9.17) is 0 Å². The Labute approximate surface area is 85.3 Å². The van der Waals surface area contributed by atoms with Crippen LogP contribution in [0.2, 0.25) is 0 Å². The first-order chi connectivity index (χ1) is 6.79. The highest BCUT2D eigenvalue weighted by molar-refractivity contribution is 5.57. The van der Waals surface area contributed by atoms with Gasteiger partial charge in [0.15, 0.2) is 0 Å². The Balaban J connectivity index is 2.22. The molecule has 1 N–H and O–H groups in total. The number of aryl methyl sites for hydroxylation is 1. The summed E-state index contributed by atoms with van der Waals surface area (Å²) in [6, 6.07) is 10.4. The lowest BCUT2D eigenvalue weighted by Gasteiger charge is -1.97. The molecular weight excluding hydrogens is 172 g/mol. The van der Waals surface area contributed by atoms with Crippen molar-refractivity contribution >= 4 is 6.21 Å². The highest BCUT2D eigenvalue weighted by Crippen LogP contribution is 2.00. The molecule has 0 radical (unpaired) electrons. The van der Waals surface area contributed by atoms with Crippen LogP contribution in [0, 0.1) is 0 Å². The number of rotatable bonds is 5. The summed E-state index contributed by atoms with van der Waals surface area (Å²) in [6.07, 6.45) is 3.86. The van der Waals surface area contributed by atoms with Gasteiger partial charge in [-0.05, 0) is 25.3 Å². The summed E-state index contributed by atoms with van der Waals surface area (Å²) in [5.74, 6) is 0. The van der Waals surface area contributed by atoms with Crippen molar-refractivity contribution < 1.29 is 0 Å². The predicted octanol–water partition coefficient (Wildman–Crippen LogP) is 2.73. The molecule has 0 aliphatic heterocycles. The van der Waals surface area contributed by atoms with Crippen molar-refractivity contribution in [3.8, 4) is 0 Å². The lowest BCUT2D eigenvalue weighted by Crippen LogP contribution is -2.00. The van der Waals surface area contributed by atoms with Gasteiger partial charge in [0, 0.05) is 11.9 Å². The molecule has 74 valence electrons. The van der Waals surface area contributed by atoms with Crippen molar-refractivity contribution in [1.82, 2.24) is 5.43 Å². The maximum atomic E-state index is 4.01. The summed E-state index contributed by atoms with van der Waals surface area (Å²) >= 11 is 0. The van der Waals surface area contributed by atoms with E-state index < -0.39 is 0 Å². The minimum absolute atomic E-state index is 0.862. The third-order valence-corrected chi connectivity index (χ3v) is 1.75. The molecule has 1 aromatic carbocycles. The van der Waals surface area contributed by atoms with Crippen molar-refractivity contribution in [3.63, 3.8) is 0 Å². The molecule has 0 fully saturated rings. The number of nitrogens with zero attached hydrogens (tertiary/aromatic N) is 1. The fraction of sp³-hybridized carbons (Fsp3) is 0.250. The summed E-state index contributed by atoms with van der Waals surface area (Å²) in [7, 11) is 0. The molecule has 1 aromatic rings. The number of hydrogen-bond acceptors (Lipinski definition) is 2. The molecule has 0 heterocycles. The smallest absolute Gasteiger partial charge is 0.0250 e. The van der Waals surface area contributed by atoms with Crippen LogP contribution in [-0.4, -0.2) is 6.21 Å². The Morgan fingerprint density at radius 1 is 1.43 bits per heavy atom. The third-order valence-electron chi connectivity index (χ3n) is 1.75. The Kier molecular flexibility index (Phi) is 4.48. The first-order valence-electron chi connectivity index (χ1n) is 4.76. The summed E-state index contributed by atoms with van der Waals surface area (Å²) in [4.78, 5) is 0. The van der Waals surface area contributed by atoms with Crippen LogP contribution in [0.4, 0.5) is 0 Å². The number of nitrogens with one attached hydrogen (secondary N) is 1. The molecule has 0 aromatic heterocycles. The van der Waals surface area contributed by atoms with Gasteiger partial charge in [-0.15, -0.1) is 0 Å². The third kappa shape index (κ3) is 4.45. The molecule has 0 atom stereocenters. The van der Waals surface area contributed by atoms with Gasteiger partial charge in [-0.2, -0.15) is 5.10 Å². The second-order valence-corrected chi connectivity index (χ2v) is 3.23. The molecule has 0 bridgehead atoms. The van der Waals surface area contributed by atoms with Crippen LogP contribution >= 0.6 is 0 Å². The molecule has 1 rings (SSSR count). The van der Waals surface area contributed by atoms with Gasteiger partial charge in [-0.25, -0.2) is 0 Å². The van der Waals surface area contributed by atoms with Crippen LogP contribution < -0.4 is 5.43 Å². The fourth-order valence-electron chi connectivity index (χ4n) is 1.10. The van der Waals surface area contributed by atoms with Gasteiger partial charge in [0.1, 0.15) is 0 Å². The van der Waals surface area contributed by atoms with Gasteiger partial charge in [0.05, 0.1) is 0 Å². The van der Waals surface area contributed by atoms with Crippen molar-refractivity contribution in [2.75, 3.05) is 0 Å². The summed E-state index contributed by atoms with van der Waals surface area (Å²) in [5.41, 5.74) is 5.01. The normalized spacial score (nSPS) is 10.4. The van der Waals surface area contributed by atoms with E-state index in [1.54, 1.807) is 0 Å². The first-order valence-corrected chi connectivity index (χ1v) is 4.76. The molecule has 2 nitrogen and oxygen atoms in total. The predicted molar refractivity (Wildman–Crippen MR) is 61.2 cm³/mol. The van der Waals surface area contributed by atoms with Crippen LogP contribution in [0.15, 0.2) is 47.7 Å². The Morgan fingerprint density at radius 3 is 2.79 bits per heavy atom. The Morgan fingerprint density at radius 2 is 2.14 bits per heavy atom. The maximum Gasteiger partial charge on any atom is 0.0250 e. The number of benzene rings is 1. The summed E-state index contributed by atoms with van der Waals surface area (Å²) in [5, 5.41) is 4.01. The minimum Gasteiger partial charge on any atom is -0.284 e. The van der Waals surface area contributed by atoms with Gasteiger partial charge in [-0.1, -0.05) is 36.9 Å². The lowest BCUT2D eigenvalue weighted by atomic mass is 10.1. The average molecular weight is 188 g/mol. The Bertz CT molecular complexity index is 301. The molecule has 0 amide bonds. The lowest BCUT2D eigenvalue weighted by molar-refractivity contribution is 0.887. The van der Waals surface area contributed by atoms with E-state index in [-0.39, 0.29) is 0 Å². The summed E-state index contributed by atoms with van der Waals surface area (Å²) in [6.45, 7) is 5.57. The topological polar surface area (TPSA) is 24.4 Å². The SMILES string of the molecule is C=C(C)N/N=C\CCc1ccccc1. The summed E-state index contributed by atoms with van der Waals surface area (Å²) < 4.78 is 0. The van der Waals surface area contributed by atoms with Crippen LogP contribution in [0.1, 0.15) is 18.9 Å². The van der Waals surface area contributed by atoms with Crippen LogP contribution in [0.5, 0.6) is 0 Å². The van der Waals surface area contributed by atoms with Crippen molar-refractivity contribution in [2.24, 2.45) is 5.10 Å². The van der Waals surface area contributed by atoms with Gasteiger partial charge >= 0.3 is 0 Å². The van der Waals surface area contributed by atoms with Gasteiger partial charge < -0.3 is 0 Å². The molecule has 0 spiro atoms. The second kappa shape index (κ2) is 5.97. The molecule has 2 heteroatoms. The second-order valence-electron chi connectivity index (χ2n) is 3.23. The zero-order valence-electron chi connectivity index (χ0n) is 8.53. The van der Waals surface area contributed by atoms with E-state index in [2.05, 4.69) is 41.4 Å². The quantitative estimate of drug-likeness (QED) is 0.557. The number of hydrazone groups is 1. The van der Waals surface area contributed by atoms with E-state index in [0.29, 0.717) is 0 Å². The molecule has 0 aliphatic carbocycles. The Hall–Kier alpha value is -1.57. The molecule has 14 heavy (non-hydrogen) atoms. The highest BCUT2D eigenvalue weighted by Gasteiger charge is 1.88. The van der Waals surface area contributed by atoms with Crippen LogP contribution in [-0.2, 0) is 6.42 Å². The van der Waals surface area contributed by atoms with E-state index in [1.165, 1.54) is 5.56 Å². The number of allylic oxidation sites excluding steroid dienone is 1. The van der Waals surface area contributed by atoms with Gasteiger partial charge in [0.25, 0.3) is 0 Å². The zero-order valence-corrected chi connectivity index (χ0v) is 8.53. The molecule has 0 saturated heterocycles. The molecule has 0 saturated carbocycles. The van der Waals surface area contributed by atoms with Crippen LogP contribution in [0.25, 0.3) is 0 Å². The average Bonchev–Trinajstić information content (AvgIpc) is 2.18. The fourth-order valence-corrected chi connectivity index (χ4v) is 1.10. The molecule has 0 unspecified atom stereocenters. The molecule has 0 aliphatic rings. The maximum absolute atomic E-state index is 4.01. The van der Waals surface area contributed by atoms with E-state index >= 15 is 0 Å². The number of hydrogen-bond donors (Lipinski definition) is 1. The van der Waals surface area contributed by atoms with Crippen molar-refractivity contribution in [1.29, 1.82) is 0 Å². The van der Waals surface area contributed by atoms with Crippen LogP contribution in [0.3, 0.4) is 0 Å². The van der Waals surface area contributed by atoms with Gasteiger partial charge in [-0.3, -0.25) is 5.43 Å². The van der Waals surface area contributed by atoms with Crippen molar-refractivity contribution in [2.45, 2.75) is 19.8 Å². The first kappa shape index (κ1) is 10.5. The standard InChI is InChI=1S/C12H16N2/c1-11(2)14-13-10-6-9-12-7-4-3-5-8-12/h3-5,7-8,10,14H,1,6,9H2,2H3/b13-10-. The van der Waals surface area contributed by atoms with Crippen molar-refractivity contribution in [3.05, 3.63) is 48.2 Å². The minimum atomic E-state index is 0.862. The van der Waals surface area contributed by atoms with E-state index in [0.717, 1.165) is 18.5 Å². The monoisotopic (exact) mass is 188 g/mol. The molecular formula is C12H16N2. The zero-order chi connectivity index (χ0) is 10.2. The highest BCUT2D eigenvalue weighted by atomic mass is 15.3. The van der Waals surface area contributed by atoms with Gasteiger partial charge in [0.2, 0.25) is 0 Å². The van der Waals surface area contributed by atoms with E-state index in [1.807, 2.05) is 19.2 Å². The largest absolute Gasteiger partial charge is 0.284 e.